The Bertz CT molecular complexity index is 282. The predicted molar refractivity (Wildman–Crippen MR) is 49.0 cm³/mol. The molecule has 0 aromatic heterocycles. The molecule has 0 atom stereocenters. The van der Waals surface area contributed by atoms with Gasteiger partial charge in [0.25, 0.3) is 0 Å². The van der Waals surface area contributed by atoms with Gasteiger partial charge in [-0.05, 0) is 24.3 Å². The Morgan fingerprint density at radius 2 is 2.00 bits per heavy atom. The van der Waals surface area contributed by atoms with Gasteiger partial charge in [-0.1, -0.05) is 0 Å². The zero-order chi connectivity index (χ0) is 9.68. The van der Waals surface area contributed by atoms with Gasteiger partial charge in [0.05, 0.1) is 0 Å². The summed E-state index contributed by atoms with van der Waals surface area (Å²) < 4.78 is 0. The molecule has 0 saturated carbocycles. The third kappa shape index (κ3) is 3.46. The van der Waals surface area contributed by atoms with Crippen LogP contribution in [0.2, 0.25) is 0 Å². The molecule has 13 heavy (non-hydrogen) atoms. The van der Waals surface area contributed by atoms with E-state index in [1.165, 1.54) is 0 Å². The molecular formula is C9H11N2O2-. The molecule has 0 heterocycles. The predicted octanol–water partition coefficient (Wildman–Crippen LogP) is -0.179. The fourth-order valence-electron chi connectivity index (χ4n) is 0.910. The first kappa shape index (κ1) is 9.38. The molecule has 0 bridgehead atoms. The molecule has 1 rings (SSSR count). The number of carboxylic acid groups (broad SMARTS) is 1. The number of nitrogens with one attached hydrogen (secondary N) is 1. The number of rotatable bonds is 4. The number of carbonyl (C=O) groups is 1. The lowest BCUT2D eigenvalue weighted by atomic mass is 10.3. The quantitative estimate of drug-likeness (QED) is 0.628. The maximum Gasteiger partial charge on any atom is 0.0431 e. The highest BCUT2D eigenvalue weighted by Gasteiger charge is 1.90. The maximum atomic E-state index is 10.1. The van der Waals surface area contributed by atoms with E-state index < -0.39 is 5.97 Å². The number of nitrogens with two attached hydrogens (primary N) is 1. The third-order valence-corrected chi connectivity index (χ3v) is 1.57. The summed E-state index contributed by atoms with van der Waals surface area (Å²) in [6.07, 6.45) is 0.00434. The van der Waals surface area contributed by atoms with Crippen molar-refractivity contribution in [3.05, 3.63) is 24.3 Å². The van der Waals surface area contributed by atoms with Crippen molar-refractivity contribution in [2.45, 2.75) is 6.42 Å². The maximum absolute atomic E-state index is 10.1. The lowest BCUT2D eigenvalue weighted by Crippen LogP contribution is -2.24. The number of nitrogen functional groups attached to an aromatic ring is 1. The van der Waals surface area contributed by atoms with Crippen LogP contribution in [-0.4, -0.2) is 12.5 Å². The van der Waals surface area contributed by atoms with Gasteiger partial charge in [0, 0.05) is 30.3 Å². The van der Waals surface area contributed by atoms with Crippen molar-refractivity contribution in [3.8, 4) is 0 Å². The van der Waals surface area contributed by atoms with Crippen molar-refractivity contribution in [1.82, 2.24) is 0 Å². The third-order valence-electron chi connectivity index (χ3n) is 1.57. The van der Waals surface area contributed by atoms with Crippen molar-refractivity contribution in [2.24, 2.45) is 0 Å². The van der Waals surface area contributed by atoms with Crippen LogP contribution in [-0.2, 0) is 4.79 Å². The molecule has 0 radical (unpaired) electrons. The average Bonchev–Trinajstić information content (AvgIpc) is 2.08. The summed E-state index contributed by atoms with van der Waals surface area (Å²) in [6.45, 7) is 0.367. The second kappa shape index (κ2) is 4.35. The van der Waals surface area contributed by atoms with Crippen LogP contribution in [0.25, 0.3) is 0 Å². The van der Waals surface area contributed by atoms with Crippen LogP contribution in [0.1, 0.15) is 6.42 Å². The van der Waals surface area contributed by atoms with Crippen LogP contribution in [0.3, 0.4) is 0 Å². The van der Waals surface area contributed by atoms with E-state index in [4.69, 9.17) is 5.73 Å². The van der Waals surface area contributed by atoms with E-state index in [9.17, 15) is 9.90 Å². The highest BCUT2D eigenvalue weighted by Crippen LogP contribution is 2.09. The first-order valence-corrected chi connectivity index (χ1v) is 3.98. The minimum atomic E-state index is -1.05. The number of carbonyl (C=O) groups excluding carboxylic acids is 1. The summed E-state index contributed by atoms with van der Waals surface area (Å²) >= 11 is 0. The summed E-state index contributed by atoms with van der Waals surface area (Å²) in [6, 6.07) is 7.10. The van der Waals surface area contributed by atoms with E-state index in [1.807, 2.05) is 0 Å². The summed E-state index contributed by atoms with van der Waals surface area (Å²) in [5, 5.41) is 13.0. The van der Waals surface area contributed by atoms with Crippen molar-refractivity contribution in [2.75, 3.05) is 17.6 Å². The van der Waals surface area contributed by atoms with Crippen molar-refractivity contribution < 1.29 is 9.90 Å². The van der Waals surface area contributed by atoms with Gasteiger partial charge in [-0.25, -0.2) is 0 Å². The number of hydrogen-bond acceptors (Lipinski definition) is 4. The molecule has 1 aromatic carbocycles. The summed E-state index contributed by atoms with van der Waals surface area (Å²) in [5.74, 6) is -1.05. The first-order chi connectivity index (χ1) is 6.18. The molecule has 0 amide bonds. The van der Waals surface area contributed by atoms with Gasteiger partial charge in [-0.15, -0.1) is 0 Å². The Hall–Kier alpha value is -1.71. The van der Waals surface area contributed by atoms with Gasteiger partial charge < -0.3 is 21.0 Å². The molecule has 4 heteroatoms. The Morgan fingerprint density at radius 3 is 2.54 bits per heavy atom. The van der Waals surface area contributed by atoms with Gasteiger partial charge in [0.2, 0.25) is 0 Å². The minimum absolute atomic E-state index is 0.00434. The van der Waals surface area contributed by atoms with Crippen LogP contribution in [0.15, 0.2) is 24.3 Å². The van der Waals surface area contributed by atoms with E-state index >= 15 is 0 Å². The average molecular weight is 179 g/mol. The van der Waals surface area contributed by atoms with Crippen molar-refractivity contribution >= 4 is 17.3 Å². The molecule has 3 N–H and O–H groups in total. The summed E-state index contributed by atoms with van der Waals surface area (Å²) in [4.78, 5) is 10.1. The van der Waals surface area contributed by atoms with Gasteiger partial charge in [-0.3, -0.25) is 0 Å². The highest BCUT2D eigenvalue weighted by molar-refractivity contribution is 5.65. The fourth-order valence-corrected chi connectivity index (χ4v) is 0.910. The molecular weight excluding hydrogens is 168 g/mol. The number of anilines is 2. The van der Waals surface area contributed by atoms with E-state index in [-0.39, 0.29) is 6.42 Å². The molecule has 1 aromatic rings. The Balaban J connectivity index is 2.37. The van der Waals surface area contributed by atoms with Crippen LogP contribution >= 0.6 is 0 Å². The van der Waals surface area contributed by atoms with Crippen molar-refractivity contribution in [3.63, 3.8) is 0 Å². The standard InChI is InChI=1S/C9H12N2O2/c10-7-1-3-8(4-2-7)11-6-5-9(12)13/h1-4,11H,5-6,10H2,(H,12,13)/p-1. The monoisotopic (exact) mass is 179 g/mol. The molecule has 0 aliphatic rings. The van der Waals surface area contributed by atoms with Gasteiger partial charge in [-0.2, -0.15) is 0 Å². The first-order valence-electron chi connectivity index (χ1n) is 3.98. The molecule has 70 valence electrons. The molecule has 0 spiro atoms. The molecule has 0 aliphatic heterocycles. The lowest BCUT2D eigenvalue weighted by molar-refractivity contribution is -0.305. The summed E-state index contributed by atoms with van der Waals surface area (Å²) in [7, 11) is 0. The molecule has 4 nitrogen and oxygen atoms in total. The van der Waals surface area contributed by atoms with Crippen LogP contribution in [0, 0.1) is 0 Å². The minimum Gasteiger partial charge on any atom is -0.550 e. The Labute approximate surface area is 76.4 Å². The van der Waals surface area contributed by atoms with Crippen LogP contribution < -0.4 is 16.2 Å². The number of carboxylic acids is 1. The van der Waals surface area contributed by atoms with Gasteiger partial charge >= 0.3 is 0 Å². The van der Waals surface area contributed by atoms with Crippen LogP contribution in [0.5, 0.6) is 0 Å². The van der Waals surface area contributed by atoms with E-state index in [0.717, 1.165) is 5.69 Å². The number of hydrogen-bond donors (Lipinski definition) is 2. The second-order valence-corrected chi connectivity index (χ2v) is 2.67. The topological polar surface area (TPSA) is 78.2 Å². The SMILES string of the molecule is Nc1ccc(NCCC(=O)[O-])cc1. The normalized spacial score (nSPS) is 9.54. The molecule has 0 fully saturated rings. The van der Waals surface area contributed by atoms with Gasteiger partial charge in [0.1, 0.15) is 0 Å². The van der Waals surface area contributed by atoms with Gasteiger partial charge in [0.15, 0.2) is 0 Å². The second-order valence-electron chi connectivity index (χ2n) is 2.67. The lowest BCUT2D eigenvalue weighted by Gasteiger charge is -2.06. The van der Waals surface area contributed by atoms with E-state index in [0.29, 0.717) is 12.2 Å². The van der Waals surface area contributed by atoms with E-state index in [2.05, 4.69) is 5.32 Å². The van der Waals surface area contributed by atoms with Crippen molar-refractivity contribution in [1.29, 1.82) is 0 Å². The summed E-state index contributed by atoms with van der Waals surface area (Å²) in [5.41, 5.74) is 7.01. The highest BCUT2D eigenvalue weighted by atomic mass is 16.4. The Morgan fingerprint density at radius 1 is 1.38 bits per heavy atom. The van der Waals surface area contributed by atoms with E-state index in [1.54, 1.807) is 24.3 Å². The largest absolute Gasteiger partial charge is 0.550 e. The molecule has 0 aliphatic carbocycles. The zero-order valence-electron chi connectivity index (χ0n) is 7.12. The Kier molecular flexibility index (Phi) is 3.14. The molecule has 0 unspecified atom stereocenters. The number of aliphatic carboxylic acids is 1. The van der Waals surface area contributed by atoms with Crippen LogP contribution in [0.4, 0.5) is 11.4 Å². The number of benzene rings is 1. The zero-order valence-corrected chi connectivity index (χ0v) is 7.12. The molecule has 0 saturated heterocycles. The fraction of sp³-hybridized carbons (Fsp3) is 0.222. The smallest absolute Gasteiger partial charge is 0.0431 e.